The van der Waals surface area contributed by atoms with Gasteiger partial charge in [-0.2, -0.15) is 18.3 Å². The molecule has 1 saturated heterocycles. The number of likely N-dealkylation sites (tertiary alicyclic amines) is 1. The van der Waals surface area contributed by atoms with E-state index in [4.69, 9.17) is 0 Å². The fourth-order valence-electron chi connectivity index (χ4n) is 4.58. The van der Waals surface area contributed by atoms with Crippen molar-refractivity contribution in [3.05, 3.63) is 52.8 Å². The molecule has 1 fully saturated rings. The normalized spacial score (nSPS) is 20.1. The van der Waals surface area contributed by atoms with E-state index in [1.807, 2.05) is 31.3 Å². The van der Waals surface area contributed by atoms with Crippen LogP contribution in [-0.4, -0.2) is 53.8 Å². The molecule has 9 heteroatoms. The van der Waals surface area contributed by atoms with Crippen LogP contribution in [0.2, 0.25) is 0 Å². The summed E-state index contributed by atoms with van der Waals surface area (Å²) in [6.45, 7) is 3.29. The van der Waals surface area contributed by atoms with Crippen LogP contribution in [0.25, 0.3) is 0 Å². The number of aryl methyl sites for hydroxylation is 1. The molecular weight excluding hydrogens is 407 g/mol. The molecule has 4 rings (SSSR count). The standard InChI is InChI=1S/C22H28F3N5O/c1-26-10-13-29-11-8-16(9-12-29)30-19(14-20(28-30)22(23,24)25)21(31)27-18-7-6-15-4-2-3-5-17(15)18/h2-5,14,16,18,26H,6-13H2,1H3,(H,27,31). The minimum absolute atomic E-state index is 0.00891. The highest BCUT2D eigenvalue weighted by molar-refractivity contribution is 5.93. The predicted octanol–water partition coefficient (Wildman–Crippen LogP) is 3.18. The number of halogens is 3. The number of carbonyl (C=O) groups excluding carboxylic acids is 1. The molecule has 1 unspecified atom stereocenters. The molecule has 1 atom stereocenters. The Hall–Kier alpha value is -2.39. The minimum atomic E-state index is -4.59. The summed E-state index contributed by atoms with van der Waals surface area (Å²) in [7, 11) is 1.89. The Labute approximate surface area is 179 Å². The van der Waals surface area contributed by atoms with Crippen LogP contribution in [0, 0.1) is 0 Å². The highest BCUT2D eigenvalue weighted by atomic mass is 19.4. The van der Waals surface area contributed by atoms with Crippen molar-refractivity contribution >= 4 is 5.91 Å². The number of benzene rings is 1. The number of nitrogens with zero attached hydrogens (tertiary/aromatic N) is 3. The number of fused-ring (bicyclic) bond motifs is 1. The first-order valence-corrected chi connectivity index (χ1v) is 10.8. The van der Waals surface area contributed by atoms with Gasteiger partial charge in [0.25, 0.3) is 5.91 Å². The van der Waals surface area contributed by atoms with Gasteiger partial charge in [-0.15, -0.1) is 0 Å². The van der Waals surface area contributed by atoms with Crippen molar-refractivity contribution in [2.75, 3.05) is 33.2 Å². The minimum Gasteiger partial charge on any atom is -0.344 e. The number of aromatic nitrogens is 2. The van der Waals surface area contributed by atoms with Gasteiger partial charge >= 0.3 is 6.18 Å². The first kappa shape index (κ1) is 21.8. The third-order valence-corrected chi connectivity index (χ3v) is 6.28. The molecule has 2 aliphatic rings. The second kappa shape index (κ2) is 9.00. The maximum absolute atomic E-state index is 13.4. The number of alkyl halides is 3. The SMILES string of the molecule is CNCCN1CCC(n2nc(C(F)(F)F)cc2C(=O)NC2CCc3ccccc32)CC1. The number of carbonyl (C=O) groups is 1. The van der Waals surface area contributed by atoms with E-state index in [2.05, 4.69) is 20.6 Å². The summed E-state index contributed by atoms with van der Waals surface area (Å²) in [4.78, 5) is 15.3. The van der Waals surface area contributed by atoms with E-state index >= 15 is 0 Å². The molecule has 6 nitrogen and oxygen atoms in total. The summed E-state index contributed by atoms with van der Waals surface area (Å²) in [6.07, 6.45) is -1.67. The molecular formula is C22H28F3N5O. The Balaban J connectivity index is 1.53. The van der Waals surface area contributed by atoms with E-state index < -0.39 is 17.8 Å². The molecule has 0 bridgehead atoms. The highest BCUT2D eigenvalue weighted by Gasteiger charge is 2.38. The van der Waals surface area contributed by atoms with Crippen LogP contribution in [0.4, 0.5) is 13.2 Å². The van der Waals surface area contributed by atoms with E-state index in [1.165, 1.54) is 10.2 Å². The summed E-state index contributed by atoms with van der Waals surface area (Å²) in [5, 5.41) is 9.88. The Morgan fingerprint density at radius 1 is 1.19 bits per heavy atom. The fraction of sp³-hybridized carbons (Fsp3) is 0.545. The van der Waals surface area contributed by atoms with Crippen molar-refractivity contribution in [3.63, 3.8) is 0 Å². The van der Waals surface area contributed by atoms with Gasteiger partial charge in [0, 0.05) is 32.2 Å². The lowest BCUT2D eigenvalue weighted by molar-refractivity contribution is -0.141. The van der Waals surface area contributed by atoms with Crippen LogP contribution >= 0.6 is 0 Å². The Morgan fingerprint density at radius 2 is 1.94 bits per heavy atom. The molecule has 168 valence electrons. The number of piperidine rings is 1. The topological polar surface area (TPSA) is 62.2 Å². The zero-order valence-corrected chi connectivity index (χ0v) is 17.6. The average molecular weight is 435 g/mol. The zero-order valence-electron chi connectivity index (χ0n) is 17.6. The van der Waals surface area contributed by atoms with Gasteiger partial charge in [0.1, 0.15) is 5.69 Å². The molecule has 1 aromatic heterocycles. The van der Waals surface area contributed by atoms with Crippen LogP contribution in [-0.2, 0) is 12.6 Å². The molecule has 2 heterocycles. The molecule has 2 aromatic rings. The molecule has 31 heavy (non-hydrogen) atoms. The van der Waals surface area contributed by atoms with Gasteiger partial charge in [-0.3, -0.25) is 9.48 Å². The summed E-state index contributed by atoms with van der Waals surface area (Å²) in [5.41, 5.74) is 1.19. The van der Waals surface area contributed by atoms with Gasteiger partial charge in [0.15, 0.2) is 5.69 Å². The number of hydrogen-bond donors (Lipinski definition) is 2. The predicted molar refractivity (Wildman–Crippen MR) is 111 cm³/mol. The number of hydrogen-bond acceptors (Lipinski definition) is 4. The smallest absolute Gasteiger partial charge is 0.344 e. The van der Waals surface area contributed by atoms with Crippen LogP contribution in [0.3, 0.4) is 0 Å². The van der Waals surface area contributed by atoms with Gasteiger partial charge in [-0.1, -0.05) is 24.3 Å². The number of amides is 1. The molecule has 2 N–H and O–H groups in total. The van der Waals surface area contributed by atoms with E-state index in [0.717, 1.165) is 50.7 Å². The molecule has 1 amide bonds. The monoisotopic (exact) mass is 435 g/mol. The summed E-state index contributed by atoms with van der Waals surface area (Å²) >= 11 is 0. The summed E-state index contributed by atoms with van der Waals surface area (Å²) in [5.74, 6) is -0.498. The van der Waals surface area contributed by atoms with E-state index in [9.17, 15) is 18.0 Å². The van der Waals surface area contributed by atoms with Crippen molar-refractivity contribution in [2.45, 2.75) is 43.9 Å². The van der Waals surface area contributed by atoms with Gasteiger partial charge in [-0.05, 0) is 43.9 Å². The number of likely N-dealkylation sites (N-methyl/N-ethyl adjacent to an activating group) is 1. The van der Waals surface area contributed by atoms with Crippen LogP contribution in [0.5, 0.6) is 0 Å². The summed E-state index contributed by atoms with van der Waals surface area (Å²) < 4.78 is 41.5. The first-order chi connectivity index (χ1) is 14.9. The molecule has 1 aliphatic carbocycles. The van der Waals surface area contributed by atoms with Crippen molar-refractivity contribution in [1.82, 2.24) is 25.3 Å². The number of rotatable bonds is 6. The summed E-state index contributed by atoms with van der Waals surface area (Å²) in [6, 6.07) is 8.34. The van der Waals surface area contributed by atoms with E-state index in [-0.39, 0.29) is 17.8 Å². The molecule has 1 aromatic carbocycles. The Bertz CT molecular complexity index is 918. The Kier molecular flexibility index (Phi) is 6.34. The second-order valence-corrected chi connectivity index (χ2v) is 8.30. The lowest BCUT2D eigenvalue weighted by atomic mass is 10.0. The number of nitrogens with one attached hydrogen (secondary N) is 2. The first-order valence-electron chi connectivity index (χ1n) is 10.8. The quantitative estimate of drug-likeness (QED) is 0.732. The van der Waals surface area contributed by atoms with E-state index in [1.54, 1.807) is 0 Å². The van der Waals surface area contributed by atoms with Crippen molar-refractivity contribution < 1.29 is 18.0 Å². The maximum atomic E-state index is 13.4. The lowest BCUT2D eigenvalue weighted by Gasteiger charge is -2.32. The van der Waals surface area contributed by atoms with Crippen LogP contribution < -0.4 is 10.6 Å². The highest BCUT2D eigenvalue weighted by Crippen LogP contribution is 2.33. The molecule has 0 spiro atoms. The maximum Gasteiger partial charge on any atom is 0.435 e. The zero-order chi connectivity index (χ0) is 22.0. The van der Waals surface area contributed by atoms with Crippen molar-refractivity contribution in [3.8, 4) is 0 Å². The average Bonchev–Trinajstić information content (AvgIpc) is 3.38. The van der Waals surface area contributed by atoms with Crippen LogP contribution in [0.15, 0.2) is 30.3 Å². The van der Waals surface area contributed by atoms with Gasteiger partial charge < -0.3 is 15.5 Å². The van der Waals surface area contributed by atoms with E-state index in [0.29, 0.717) is 12.8 Å². The Morgan fingerprint density at radius 3 is 2.65 bits per heavy atom. The van der Waals surface area contributed by atoms with Gasteiger partial charge in [-0.25, -0.2) is 0 Å². The fourth-order valence-corrected chi connectivity index (χ4v) is 4.58. The largest absolute Gasteiger partial charge is 0.435 e. The van der Waals surface area contributed by atoms with Gasteiger partial charge in [0.05, 0.1) is 12.1 Å². The lowest BCUT2D eigenvalue weighted by Crippen LogP contribution is -2.39. The molecule has 1 aliphatic heterocycles. The van der Waals surface area contributed by atoms with Gasteiger partial charge in [0.2, 0.25) is 0 Å². The molecule has 0 radical (unpaired) electrons. The second-order valence-electron chi connectivity index (χ2n) is 8.30. The van der Waals surface area contributed by atoms with Crippen molar-refractivity contribution in [2.24, 2.45) is 0 Å². The van der Waals surface area contributed by atoms with Crippen LogP contribution in [0.1, 0.15) is 58.7 Å². The molecule has 0 saturated carbocycles. The van der Waals surface area contributed by atoms with Crippen molar-refractivity contribution in [1.29, 1.82) is 0 Å². The third kappa shape index (κ3) is 4.77. The third-order valence-electron chi connectivity index (χ3n) is 6.28.